The predicted octanol–water partition coefficient (Wildman–Crippen LogP) is 4.58. The fourth-order valence-corrected chi connectivity index (χ4v) is 6.23. The van der Waals surface area contributed by atoms with Crippen molar-refractivity contribution in [3.63, 3.8) is 0 Å². The molecule has 0 bridgehead atoms. The van der Waals surface area contributed by atoms with Crippen LogP contribution in [0.1, 0.15) is 45.6 Å². The Kier molecular flexibility index (Phi) is 6.93. The van der Waals surface area contributed by atoms with Crippen molar-refractivity contribution in [2.45, 2.75) is 57.8 Å². The average molecular weight is 523 g/mol. The summed E-state index contributed by atoms with van der Waals surface area (Å²) in [5, 5.41) is 1.86. The van der Waals surface area contributed by atoms with Gasteiger partial charge in [0.05, 0.1) is 10.2 Å². The minimum absolute atomic E-state index is 0.0982. The molecule has 1 aliphatic carbocycles. The van der Waals surface area contributed by atoms with Crippen molar-refractivity contribution < 1.29 is 22.3 Å². The number of likely N-dealkylation sites (tertiary alicyclic amines) is 1. The highest BCUT2D eigenvalue weighted by Crippen LogP contribution is 2.40. The number of rotatable bonds is 4. The number of nitrogens with zero attached hydrogens (tertiary/aromatic N) is 4. The van der Waals surface area contributed by atoms with Crippen LogP contribution in [-0.4, -0.2) is 73.6 Å². The highest BCUT2D eigenvalue weighted by Gasteiger charge is 2.31. The quantitative estimate of drug-likeness (QED) is 0.580. The highest BCUT2D eigenvalue weighted by atomic mass is 32.2. The maximum absolute atomic E-state index is 15.0. The Morgan fingerprint density at radius 1 is 1.23 bits per heavy atom. The number of thiophene rings is 1. The van der Waals surface area contributed by atoms with E-state index in [2.05, 4.69) is 14.9 Å². The SMILES string of the molecule is CN(c1ncnc2c(C3=CC=C(S(C)(=O)=O)CC3F)csc12)C1CCN(C(=O)OC(C)(C)C)CC1. The Morgan fingerprint density at radius 2 is 1.91 bits per heavy atom. The fourth-order valence-electron chi connectivity index (χ4n) is 4.40. The maximum Gasteiger partial charge on any atom is 0.410 e. The van der Waals surface area contributed by atoms with E-state index in [9.17, 15) is 13.2 Å². The Hall–Kier alpha value is -2.53. The van der Waals surface area contributed by atoms with Gasteiger partial charge in [-0.15, -0.1) is 11.3 Å². The first-order valence-corrected chi connectivity index (χ1v) is 14.3. The van der Waals surface area contributed by atoms with Gasteiger partial charge >= 0.3 is 6.09 Å². The van der Waals surface area contributed by atoms with Gasteiger partial charge in [0.1, 0.15) is 23.9 Å². The Labute approximate surface area is 209 Å². The molecule has 0 spiro atoms. The second-order valence-electron chi connectivity index (χ2n) is 10.0. The van der Waals surface area contributed by atoms with Gasteiger partial charge in [0.15, 0.2) is 9.84 Å². The van der Waals surface area contributed by atoms with Crippen LogP contribution in [0.4, 0.5) is 15.0 Å². The molecule has 35 heavy (non-hydrogen) atoms. The molecule has 4 rings (SSSR count). The molecule has 190 valence electrons. The van der Waals surface area contributed by atoms with E-state index in [4.69, 9.17) is 4.74 Å². The molecule has 2 aromatic rings. The Bertz CT molecular complexity index is 1290. The molecular weight excluding hydrogens is 491 g/mol. The lowest BCUT2D eigenvalue weighted by molar-refractivity contribution is 0.0205. The monoisotopic (exact) mass is 522 g/mol. The van der Waals surface area contributed by atoms with Gasteiger partial charge in [-0.3, -0.25) is 0 Å². The molecule has 3 heterocycles. The van der Waals surface area contributed by atoms with Gasteiger partial charge in [-0.2, -0.15) is 0 Å². The molecule has 1 atom stereocenters. The third-order valence-corrected chi connectivity index (χ3v) is 8.51. The zero-order valence-corrected chi connectivity index (χ0v) is 22.2. The third kappa shape index (κ3) is 5.50. The fraction of sp³-hybridized carbons (Fsp3) is 0.542. The van der Waals surface area contributed by atoms with Crippen LogP contribution in [0.5, 0.6) is 0 Å². The molecular formula is C24H31FN4O4S2. The molecule has 0 N–H and O–H groups in total. The van der Waals surface area contributed by atoms with Gasteiger partial charge in [0.25, 0.3) is 0 Å². The van der Waals surface area contributed by atoms with E-state index in [1.54, 1.807) is 11.0 Å². The number of amides is 1. The van der Waals surface area contributed by atoms with Crippen molar-refractivity contribution in [2.75, 3.05) is 31.3 Å². The van der Waals surface area contributed by atoms with E-state index >= 15 is 4.39 Å². The second kappa shape index (κ2) is 9.50. The first kappa shape index (κ1) is 25.6. The minimum Gasteiger partial charge on any atom is -0.444 e. The van der Waals surface area contributed by atoms with Gasteiger partial charge in [-0.1, -0.05) is 6.08 Å². The van der Waals surface area contributed by atoms with Crippen molar-refractivity contribution >= 4 is 48.9 Å². The Morgan fingerprint density at radius 3 is 2.51 bits per heavy atom. The van der Waals surface area contributed by atoms with Gasteiger partial charge in [-0.25, -0.2) is 27.6 Å². The number of carbonyl (C=O) groups is 1. The van der Waals surface area contributed by atoms with Crippen LogP contribution in [0.15, 0.2) is 28.8 Å². The number of hydrogen-bond acceptors (Lipinski definition) is 8. The molecule has 1 saturated heterocycles. The number of hydrogen-bond donors (Lipinski definition) is 0. The van der Waals surface area contributed by atoms with Crippen molar-refractivity contribution in [3.8, 4) is 0 Å². The van der Waals surface area contributed by atoms with Crippen molar-refractivity contribution in [1.82, 2.24) is 14.9 Å². The molecule has 0 saturated carbocycles. The topological polar surface area (TPSA) is 92.7 Å². The zero-order valence-electron chi connectivity index (χ0n) is 20.6. The van der Waals surface area contributed by atoms with Crippen LogP contribution < -0.4 is 4.90 Å². The van der Waals surface area contributed by atoms with Crippen molar-refractivity contribution in [1.29, 1.82) is 0 Å². The van der Waals surface area contributed by atoms with Crippen LogP contribution in [0.25, 0.3) is 15.8 Å². The van der Waals surface area contributed by atoms with E-state index in [0.717, 1.165) is 29.6 Å². The molecule has 8 nitrogen and oxygen atoms in total. The summed E-state index contributed by atoms with van der Waals surface area (Å²) in [7, 11) is -1.45. The average Bonchev–Trinajstić information content (AvgIpc) is 3.21. The van der Waals surface area contributed by atoms with E-state index in [-0.39, 0.29) is 23.5 Å². The largest absolute Gasteiger partial charge is 0.444 e. The molecule has 1 unspecified atom stereocenters. The van der Waals surface area contributed by atoms with E-state index in [0.29, 0.717) is 29.7 Å². The number of halogens is 1. The molecule has 0 radical (unpaired) electrons. The molecule has 1 aliphatic heterocycles. The summed E-state index contributed by atoms with van der Waals surface area (Å²) < 4.78 is 45.0. The third-order valence-electron chi connectivity index (χ3n) is 6.29. The van der Waals surface area contributed by atoms with Crippen LogP contribution in [0.2, 0.25) is 0 Å². The van der Waals surface area contributed by atoms with Crippen molar-refractivity contribution in [3.05, 3.63) is 34.3 Å². The lowest BCUT2D eigenvalue weighted by Gasteiger charge is -2.37. The summed E-state index contributed by atoms with van der Waals surface area (Å²) in [6, 6.07) is 0.181. The van der Waals surface area contributed by atoms with Crippen LogP contribution in [0, 0.1) is 0 Å². The van der Waals surface area contributed by atoms with Gasteiger partial charge < -0.3 is 14.5 Å². The summed E-state index contributed by atoms with van der Waals surface area (Å²) in [4.78, 5) is 25.3. The first-order valence-electron chi connectivity index (χ1n) is 11.5. The minimum atomic E-state index is -3.43. The molecule has 1 amide bonds. The van der Waals surface area contributed by atoms with Gasteiger partial charge in [0.2, 0.25) is 0 Å². The van der Waals surface area contributed by atoms with E-state index in [1.807, 2.05) is 33.2 Å². The number of piperidine rings is 1. The number of anilines is 1. The highest BCUT2D eigenvalue weighted by molar-refractivity contribution is 7.94. The van der Waals surface area contributed by atoms with Crippen LogP contribution in [0.3, 0.4) is 0 Å². The zero-order chi connectivity index (χ0) is 25.5. The van der Waals surface area contributed by atoms with Gasteiger partial charge in [0, 0.05) is 54.7 Å². The molecule has 11 heteroatoms. The smallest absolute Gasteiger partial charge is 0.410 e. The Balaban J connectivity index is 1.54. The number of sulfone groups is 1. The summed E-state index contributed by atoms with van der Waals surface area (Å²) in [6.45, 7) is 6.77. The summed E-state index contributed by atoms with van der Waals surface area (Å²) in [5.74, 6) is 0.765. The number of ether oxygens (including phenoxy) is 1. The normalized spacial score (nSPS) is 19.9. The number of carbonyl (C=O) groups excluding carboxylic acids is 1. The van der Waals surface area contributed by atoms with Crippen molar-refractivity contribution in [2.24, 2.45) is 0 Å². The lowest BCUT2D eigenvalue weighted by Crippen LogP contribution is -2.47. The molecule has 0 aromatic carbocycles. The van der Waals surface area contributed by atoms with E-state index < -0.39 is 21.6 Å². The predicted molar refractivity (Wildman–Crippen MR) is 137 cm³/mol. The number of alkyl halides is 1. The number of allylic oxidation sites excluding steroid dienone is 4. The lowest BCUT2D eigenvalue weighted by atomic mass is 9.97. The molecule has 2 aromatic heterocycles. The van der Waals surface area contributed by atoms with Crippen LogP contribution in [-0.2, 0) is 14.6 Å². The number of fused-ring (bicyclic) bond motifs is 1. The molecule has 2 aliphatic rings. The standard InChI is InChI=1S/C24H31FN4O4S2/c1-24(2,3)33-23(30)29-10-8-15(9-11-29)28(4)22-21-20(26-14-27-22)18(13-34-21)17-7-6-16(12-19(17)25)35(5,31)32/h6-7,13-15,19H,8-12H2,1-5H3. The summed E-state index contributed by atoms with van der Waals surface area (Å²) in [6.07, 6.45) is 5.27. The van der Waals surface area contributed by atoms with Crippen LogP contribution >= 0.6 is 11.3 Å². The number of aromatic nitrogens is 2. The first-order chi connectivity index (χ1) is 16.3. The maximum atomic E-state index is 15.0. The molecule has 1 fully saturated rings. The summed E-state index contributed by atoms with van der Waals surface area (Å²) in [5.41, 5.74) is 1.23. The second-order valence-corrected chi connectivity index (χ2v) is 13.0. The van der Waals surface area contributed by atoms with E-state index in [1.165, 1.54) is 23.7 Å². The van der Waals surface area contributed by atoms with Gasteiger partial charge in [-0.05, 0) is 45.3 Å². The summed E-state index contributed by atoms with van der Waals surface area (Å²) >= 11 is 1.45.